The maximum atomic E-state index is 12.0. The van der Waals surface area contributed by atoms with Gasteiger partial charge in [-0.3, -0.25) is 9.36 Å². The minimum absolute atomic E-state index is 0.127. The van der Waals surface area contributed by atoms with Crippen LogP contribution in [0.2, 0.25) is 0 Å². The zero-order chi connectivity index (χ0) is 17.2. The number of nitrogens with one attached hydrogen (secondary N) is 1. The van der Waals surface area contributed by atoms with Crippen molar-refractivity contribution >= 4 is 62.5 Å². The third-order valence-corrected chi connectivity index (χ3v) is 5.90. The molecule has 0 aliphatic carbocycles. The zero-order valence-corrected chi connectivity index (χ0v) is 15.4. The summed E-state index contributed by atoms with van der Waals surface area (Å²) in [5, 5.41) is 0.704. The Morgan fingerprint density at radius 1 is 1.24 bits per heavy atom. The molecule has 5 nitrogen and oxygen atoms in total. The van der Waals surface area contributed by atoms with Crippen LogP contribution in [0.5, 0.6) is 0 Å². The van der Waals surface area contributed by atoms with Gasteiger partial charge in [0.2, 0.25) is 0 Å². The van der Waals surface area contributed by atoms with Crippen molar-refractivity contribution in [2.75, 3.05) is 5.75 Å². The Kier molecular flexibility index (Phi) is 4.56. The molecule has 0 saturated carbocycles. The molecule has 0 saturated heterocycles. The first-order valence-electron chi connectivity index (χ1n) is 7.52. The van der Waals surface area contributed by atoms with Crippen LogP contribution in [0.15, 0.2) is 53.7 Å². The van der Waals surface area contributed by atoms with Crippen LogP contribution in [-0.2, 0) is 16.3 Å². The van der Waals surface area contributed by atoms with Gasteiger partial charge >= 0.3 is 5.97 Å². The molecule has 0 unspecified atom stereocenters. The van der Waals surface area contributed by atoms with Gasteiger partial charge in [0.15, 0.2) is 15.8 Å². The minimum Gasteiger partial charge on any atom is -0.443 e. The van der Waals surface area contributed by atoms with Gasteiger partial charge in [0.25, 0.3) is 0 Å². The van der Waals surface area contributed by atoms with Crippen LogP contribution in [0.3, 0.4) is 0 Å². The zero-order valence-electron chi connectivity index (χ0n) is 13.0. The van der Waals surface area contributed by atoms with Gasteiger partial charge in [0, 0.05) is 0 Å². The van der Waals surface area contributed by atoms with Gasteiger partial charge in [0.05, 0.1) is 27.0 Å². The van der Waals surface area contributed by atoms with Gasteiger partial charge in [-0.1, -0.05) is 36.0 Å². The lowest BCUT2D eigenvalue weighted by Crippen LogP contribution is -2.11. The summed E-state index contributed by atoms with van der Waals surface area (Å²) in [6, 6.07) is 15.6. The van der Waals surface area contributed by atoms with Gasteiger partial charge in [-0.15, -0.1) is 11.3 Å². The number of rotatable bonds is 5. The Bertz CT molecular complexity index is 1080. The number of aromatic amines is 1. The molecule has 4 aromatic rings. The minimum atomic E-state index is -0.303. The maximum Gasteiger partial charge on any atom is 0.318 e. The number of thiazole rings is 1. The second-order valence-corrected chi connectivity index (χ2v) is 7.90. The highest BCUT2D eigenvalue weighted by molar-refractivity contribution is 7.99. The second-order valence-electron chi connectivity index (χ2n) is 5.26. The van der Waals surface area contributed by atoms with E-state index >= 15 is 0 Å². The average molecular weight is 388 g/mol. The summed E-state index contributed by atoms with van der Waals surface area (Å²) < 4.78 is 8.98. The quantitative estimate of drug-likeness (QED) is 0.308. The van der Waals surface area contributed by atoms with Crippen molar-refractivity contribution in [2.24, 2.45) is 0 Å². The molecular weight excluding hydrogens is 374 g/mol. The molecule has 2 heterocycles. The normalized spacial score (nSPS) is 11.2. The number of aromatic nitrogens is 3. The number of imidazole rings is 1. The van der Waals surface area contributed by atoms with Gasteiger partial charge in [-0.2, -0.15) is 0 Å². The van der Waals surface area contributed by atoms with E-state index in [1.54, 1.807) is 0 Å². The molecule has 0 atom stereocenters. The predicted octanol–water partition coefficient (Wildman–Crippen LogP) is 4.60. The smallest absolute Gasteiger partial charge is 0.318 e. The van der Waals surface area contributed by atoms with Crippen molar-refractivity contribution in [1.29, 1.82) is 0 Å². The number of H-pyrrole nitrogens is 1. The van der Waals surface area contributed by atoms with Crippen LogP contribution in [-0.4, -0.2) is 26.3 Å². The number of hydrogen-bond donors (Lipinski definition) is 1. The Labute approximate surface area is 156 Å². The molecule has 0 bridgehead atoms. The lowest BCUT2D eigenvalue weighted by atomic mass is 10.3. The molecule has 126 valence electrons. The van der Waals surface area contributed by atoms with Crippen molar-refractivity contribution in [1.82, 2.24) is 14.5 Å². The van der Waals surface area contributed by atoms with E-state index in [2.05, 4.69) is 9.97 Å². The number of nitrogens with zero attached hydrogens (tertiary/aromatic N) is 2. The Morgan fingerprint density at radius 3 is 2.92 bits per heavy atom. The number of fused-ring (bicyclic) bond motifs is 2. The number of ether oxygens (including phenoxy) is 1. The topological polar surface area (TPSA) is 59.9 Å². The summed E-state index contributed by atoms with van der Waals surface area (Å²) in [4.78, 5) is 19.7. The molecule has 2 aromatic carbocycles. The maximum absolute atomic E-state index is 12.0. The number of hydrogen-bond acceptors (Lipinski definition) is 6. The molecule has 0 fully saturated rings. The van der Waals surface area contributed by atoms with Crippen LogP contribution in [0.1, 0.15) is 0 Å². The van der Waals surface area contributed by atoms with E-state index in [0.29, 0.717) is 9.11 Å². The number of carbonyl (C=O) groups excluding carboxylic acids is 1. The Hall–Kier alpha value is -2.16. The van der Waals surface area contributed by atoms with E-state index in [1.165, 1.54) is 23.1 Å². The van der Waals surface area contributed by atoms with Gasteiger partial charge in [-0.05, 0) is 36.5 Å². The summed E-state index contributed by atoms with van der Waals surface area (Å²) in [7, 11) is 0. The molecular formula is C17H13N3O2S3. The molecule has 25 heavy (non-hydrogen) atoms. The fourth-order valence-electron chi connectivity index (χ4n) is 2.44. The van der Waals surface area contributed by atoms with E-state index in [9.17, 15) is 4.79 Å². The van der Waals surface area contributed by atoms with Crippen LogP contribution >= 0.6 is 35.3 Å². The SMILES string of the molecule is O=C(CSc1nc2ccccc2[nH]1)OCn1c(=S)sc2ccccc21. The second kappa shape index (κ2) is 6.99. The molecule has 1 N–H and O–H groups in total. The van der Waals surface area contributed by atoms with Crippen LogP contribution in [0, 0.1) is 3.95 Å². The summed E-state index contributed by atoms with van der Waals surface area (Å²) in [5.74, 6) is -0.113. The fraction of sp³-hybridized carbons (Fsp3) is 0.118. The largest absolute Gasteiger partial charge is 0.443 e. The number of para-hydroxylation sites is 3. The van der Waals surface area contributed by atoms with Crippen molar-refractivity contribution in [2.45, 2.75) is 11.9 Å². The predicted molar refractivity (Wildman–Crippen MR) is 104 cm³/mol. The van der Waals surface area contributed by atoms with E-state index in [-0.39, 0.29) is 18.5 Å². The highest BCUT2D eigenvalue weighted by Crippen LogP contribution is 2.23. The molecule has 0 aliphatic heterocycles. The lowest BCUT2D eigenvalue weighted by molar-refractivity contribution is -0.144. The number of thioether (sulfide) groups is 1. The van der Waals surface area contributed by atoms with Crippen LogP contribution in [0.25, 0.3) is 21.3 Å². The molecule has 8 heteroatoms. The Morgan fingerprint density at radius 2 is 2.04 bits per heavy atom. The fourth-order valence-corrected chi connectivity index (χ4v) is 4.42. The molecule has 0 spiro atoms. The highest BCUT2D eigenvalue weighted by Gasteiger charge is 2.10. The van der Waals surface area contributed by atoms with E-state index in [0.717, 1.165) is 21.3 Å². The third kappa shape index (κ3) is 3.46. The highest BCUT2D eigenvalue weighted by atomic mass is 32.2. The molecule has 4 rings (SSSR count). The van der Waals surface area contributed by atoms with Gasteiger partial charge < -0.3 is 9.72 Å². The van der Waals surface area contributed by atoms with E-state index in [1.807, 2.05) is 53.1 Å². The standard InChI is InChI=1S/C17H13N3O2S3/c21-15(9-24-16-18-11-5-1-2-6-12(11)19-16)22-10-20-13-7-3-4-8-14(13)25-17(20)23/h1-8H,9-10H2,(H,18,19). The summed E-state index contributed by atoms with van der Waals surface area (Å²) in [6.45, 7) is 0.127. The van der Waals surface area contributed by atoms with Crippen molar-refractivity contribution in [3.05, 3.63) is 52.5 Å². The number of carbonyl (C=O) groups is 1. The molecule has 2 aromatic heterocycles. The summed E-state index contributed by atoms with van der Waals surface area (Å²) >= 11 is 8.19. The summed E-state index contributed by atoms with van der Waals surface area (Å²) in [5.41, 5.74) is 2.82. The van der Waals surface area contributed by atoms with Crippen molar-refractivity contribution < 1.29 is 9.53 Å². The lowest BCUT2D eigenvalue weighted by Gasteiger charge is -2.06. The van der Waals surface area contributed by atoms with E-state index in [4.69, 9.17) is 17.0 Å². The van der Waals surface area contributed by atoms with Crippen molar-refractivity contribution in [3.63, 3.8) is 0 Å². The number of esters is 1. The summed E-state index contributed by atoms with van der Waals surface area (Å²) in [6.07, 6.45) is 0. The molecule has 0 aliphatic rings. The Balaban J connectivity index is 1.39. The van der Waals surface area contributed by atoms with Crippen LogP contribution in [0.4, 0.5) is 0 Å². The number of benzene rings is 2. The van der Waals surface area contributed by atoms with Crippen molar-refractivity contribution in [3.8, 4) is 0 Å². The van der Waals surface area contributed by atoms with Crippen LogP contribution < -0.4 is 0 Å². The monoisotopic (exact) mass is 387 g/mol. The first-order valence-corrected chi connectivity index (χ1v) is 9.73. The average Bonchev–Trinajstić information content (AvgIpc) is 3.18. The third-order valence-electron chi connectivity index (χ3n) is 3.62. The van der Waals surface area contributed by atoms with E-state index < -0.39 is 0 Å². The first kappa shape index (κ1) is 16.3. The van der Waals surface area contributed by atoms with Gasteiger partial charge in [-0.25, -0.2) is 4.98 Å². The first-order chi connectivity index (χ1) is 12.2. The van der Waals surface area contributed by atoms with Gasteiger partial charge in [0.1, 0.15) is 0 Å². The molecule has 0 amide bonds. The molecule has 0 radical (unpaired) electrons.